The molecule has 2 heterocycles. The minimum Gasteiger partial charge on any atom is -0.378 e. The molecule has 0 spiro atoms. The number of nitrogens with zero attached hydrogens (tertiary/aromatic N) is 3. The lowest BCUT2D eigenvalue weighted by atomic mass is 10.3. The van der Waals surface area contributed by atoms with Crippen LogP contribution >= 0.6 is 35.0 Å². The fourth-order valence-electron chi connectivity index (χ4n) is 2.45. The van der Waals surface area contributed by atoms with E-state index in [4.69, 9.17) is 27.9 Å². The van der Waals surface area contributed by atoms with Crippen molar-refractivity contribution in [3.63, 3.8) is 0 Å². The van der Waals surface area contributed by atoms with Crippen LogP contribution in [0.15, 0.2) is 29.4 Å². The van der Waals surface area contributed by atoms with Gasteiger partial charge in [0.2, 0.25) is 5.91 Å². The highest BCUT2D eigenvalue weighted by atomic mass is 35.5. The average molecular weight is 413 g/mol. The maximum atomic E-state index is 12.2. The summed E-state index contributed by atoms with van der Waals surface area (Å²) in [6.45, 7) is 4.90. The lowest BCUT2D eigenvalue weighted by Crippen LogP contribution is -2.36. The number of ether oxygens (including phenoxy) is 1. The third-order valence-electron chi connectivity index (χ3n) is 3.69. The van der Waals surface area contributed by atoms with Crippen molar-refractivity contribution in [3.8, 4) is 0 Å². The molecule has 1 N–H and O–H groups in total. The number of anilines is 2. The molecular weight excluding hydrogens is 395 g/mol. The van der Waals surface area contributed by atoms with Gasteiger partial charge in [-0.1, -0.05) is 35.0 Å². The summed E-state index contributed by atoms with van der Waals surface area (Å²) in [7, 11) is 0. The van der Waals surface area contributed by atoms with Gasteiger partial charge in [0.25, 0.3) is 0 Å². The van der Waals surface area contributed by atoms with Gasteiger partial charge in [0.1, 0.15) is 5.82 Å². The highest BCUT2D eigenvalue weighted by Crippen LogP contribution is 2.26. The molecule has 1 amide bonds. The predicted octanol–water partition coefficient (Wildman–Crippen LogP) is 3.66. The molecule has 9 heteroatoms. The molecule has 1 aromatic carbocycles. The summed E-state index contributed by atoms with van der Waals surface area (Å²) in [6, 6.07) is 6.88. The number of morpholine rings is 1. The number of hydrogen-bond donors (Lipinski definition) is 1. The summed E-state index contributed by atoms with van der Waals surface area (Å²) in [4.78, 5) is 23.3. The lowest BCUT2D eigenvalue weighted by molar-refractivity contribution is -0.113. The number of amides is 1. The number of thioether (sulfide) groups is 1. The Balaban J connectivity index is 1.61. The topological polar surface area (TPSA) is 67.3 Å². The number of nitrogens with one attached hydrogen (secondary N) is 1. The van der Waals surface area contributed by atoms with Gasteiger partial charge >= 0.3 is 0 Å². The molecular formula is C17H18Cl2N4O2S. The van der Waals surface area contributed by atoms with Gasteiger partial charge in [-0.05, 0) is 25.1 Å². The maximum Gasteiger partial charge on any atom is 0.234 e. The van der Waals surface area contributed by atoms with E-state index in [0.29, 0.717) is 34.1 Å². The number of carbonyl (C=O) groups excluding carboxylic acids is 1. The Morgan fingerprint density at radius 3 is 2.77 bits per heavy atom. The summed E-state index contributed by atoms with van der Waals surface area (Å²) in [5, 5.41) is 4.26. The zero-order chi connectivity index (χ0) is 18.5. The molecule has 0 bridgehead atoms. The van der Waals surface area contributed by atoms with Crippen molar-refractivity contribution in [2.45, 2.75) is 12.1 Å². The maximum absolute atomic E-state index is 12.2. The van der Waals surface area contributed by atoms with E-state index in [9.17, 15) is 4.79 Å². The summed E-state index contributed by atoms with van der Waals surface area (Å²) in [6.07, 6.45) is 0. The molecule has 1 aliphatic rings. The second-order valence-corrected chi connectivity index (χ2v) is 7.50. The molecule has 1 aromatic heterocycles. The number of carbonyl (C=O) groups is 1. The van der Waals surface area contributed by atoms with Crippen LogP contribution in [0.4, 0.5) is 11.5 Å². The summed E-state index contributed by atoms with van der Waals surface area (Å²) in [5.74, 6) is 0.868. The van der Waals surface area contributed by atoms with Gasteiger partial charge in [0.15, 0.2) is 5.16 Å². The summed E-state index contributed by atoms with van der Waals surface area (Å²) < 4.78 is 5.37. The molecule has 0 atom stereocenters. The van der Waals surface area contributed by atoms with Crippen LogP contribution in [0.5, 0.6) is 0 Å². The van der Waals surface area contributed by atoms with Crippen molar-refractivity contribution in [1.29, 1.82) is 0 Å². The van der Waals surface area contributed by atoms with E-state index in [0.717, 1.165) is 24.6 Å². The second-order valence-electron chi connectivity index (χ2n) is 5.71. The first kappa shape index (κ1) is 19.2. The molecule has 1 saturated heterocycles. The number of rotatable bonds is 5. The van der Waals surface area contributed by atoms with Crippen molar-refractivity contribution in [3.05, 3.63) is 40.0 Å². The van der Waals surface area contributed by atoms with Crippen LogP contribution < -0.4 is 10.2 Å². The minimum atomic E-state index is -0.183. The Labute approximate surface area is 166 Å². The van der Waals surface area contributed by atoms with E-state index < -0.39 is 0 Å². The van der Waals surface area contributed by atoms with Crippen molar-refractivity contribution in [2.75, 3.05) is 42.3 Å². The van der Waals surface area contributed by atoms with Crippen LogP contribution in [0.25, 0.3) is 0 Å². The fraction of sp³-hybridized carbons (Fsp3) is 0.353. The van der Waals surface area contributed by atoms with Crippen LogP contribution in [0.3, 0.4) is 0 Å². The Kier molecular flexibility index (Phi) is 6.58. The van der Waals surface area contributed by atoms with Crippen LogP contribution in [0.2, 0.25) is 10.0 Å². The quantitative estimate of drug-likeness (QED) is 0.596. The molecule has 0 aliphatic carbocycles. The van der Waals surface area contributed by atoms with Crippen molar-refractivity contribution < 1.29 is 9.53 Å². The van der Waals surface area contributed by atoms with Crippen molar-refractivity contribution >= 4 is 52.4 Å². The summed E-state index contributed by atoms with van der Waals surface area (Å²) >= 11 is 13.2. The van der Waals surface area contributed by atoms with Crippen molar-refractivity contribution in [2.24, 2.45) is 0 Å². The van der Waals surface area contributed by atoms with Crippen LogP contribution in [0.1, 0.15) is 5.69 Å². The second kappa shape index (κ2) is 8.90. The molecule has 1 aliphatic heterocycles. The monoisotopic (exact) mass is 412 g/mol. The van der Waals surface area contributed by atoms with Gasteiger partial charge < -0.3 is 15.0 Å². The van der Waals surface area contributed by atoms with Gasteiger partial charge in [-0.15, -0.1) is 0 Å². The standard InChI is InChI=1S/C17H18Cl2N4O2S/c1-11-8-15(23-4-6-25-7-5-23)22-17(20-11)26-10-16(24)21-14-3-2-12(18)9-13(14)19/h2-3,8-9H,4-7,10H2,1H3,(H,21,24). The number of aromatic nitrogens is 2. The number of halogens is 2. The SMILES string of the molecule is Cc1cc(N2CCOCC2)nc(SCC(=O)Nc2ccc(Cl)cc2Cl)n1. The highest BCUT2D eigenvalue weighted by molar-refractivity contribution is 7.99. The van der Waals surface area contributed by atoms with Crippen LogP contribution in [-0.2, 0) is 9.53 Å². The van der Waals surface area contributed by atoms with Gasteiger partial charge in [-0.3, -0.25) is 4.79 Å². The smallest absolute Gasteiger partial charge is 0.234 e. The molecule has 0 radical (unpaired) electrons. The molecule has 6 nitrogen and oxygen atoms in total. The zero-order valence-corrected chi connectivity index (χ0v) is 16.5. The van der Waals surface area contributed by atoms with Gasteiger partial charge in [-0.2, -0.15) is 0 Å². The minimum absolute atomic E-state index is 0.183. The Bertz CT molecular complexity index is 800. The Hall–Kier alpha value is -1.54. The summed E-state index contributed by atoms with van der Waals surface area (Å²) in [5.41, 5.74) is 1.39. The normalized spacial score (nSPS) is 14.3. The van der Waals surface area contributed by atoms with E-state index in [1.807, 2.05) is 13.0 Å². The van der Waals surface area contributed by atoms with E-state index in [1.165, 1.54) is 11.8 Å². The van der Waals surface area contributed by atoms with E-state index in [-0.39, 0.29) is 11.7 Å². The molecule has 0 unspecified atom stereocenters. The third-order valence-corrected chi connectivity index (χ3v) is 5.09. The number of hydrogen-bond acceptors (Lipinski definition) is 6. The Morgan fingerprint density at radius 2 is 2.04 bits per heavy atom. The van der Waals surface area contributed by atoms with Crippen LogP contribution in [-0.4, -0.2) is 47.9 Å². The molecule has 1 fully saturated rings. The zero-order valence-electron chi connectivity index (χ0n) is 14.2. The van der Waals surface area contributed by atoms with E-state index >= 15 is 0 Å². The highest BCUT2D eigenvalue weighted by Gasteiger charge is 2.15. The third kappa shape index (κ3) is 5.23. The van der Waals surface area contributed by atoms with Gasteiger partial charge in [0.05, 0.1) is 29.7 Å². The van der Waals surface area contributed by atoms with Crippen molar-refractivity contribution in [1.82, 2.24) is 9.97 Å². The Morgan fingerprint density at radius 1 is 1.27 bits per heavy atom. The van der Waals surface area contributed by atoms with Gasteiger partial charge in [0, 0.05) is 29.9 Å². The molecule has 26 heavy (non-hydrogen) atoms. The molecule has 0 saturated carbocycles. The molecule has 138 valence electrons. The fourth-order valence-corrected chi connectivity index (χ4v) is 3.61. The first-order valence-corrected chi connectivity index (χ1v) is 9.81. The average Bonchev–Trinajstić information content (AvgIpc) is 2.63. The largest absolute Gasteiger partial charge is 0.378 e. The van der Waals surface area contributed by atoms with E-state index in [1.54, 1.807) is 18.2 Å². The van der Waals surface area contributed by atoms with Crippen LogP contribution in [0, 0.1) is 6.92 Å². The van der Waals surface area contributed by atoms with E-state index in [2.05, 4.69) is 20.2 Å². The number of benzene rings is 1. The first-order valence-electron chi connectivity index (χ1n) is 8.07. The first-order chi connectivity index (χ1) is 12.5. The molecule has 3 rings (SSSR count). The van der Waals surface area contributed by atoms with Gasteiger partial charge in [-0.25, -0.2) is 9.97 Å². The lowest BCUT2D eigenvalue weighted by Gasteiger charge is -2.28. The number of aryl methyl sites for hydroxylation is 1. The predicted molar refractivity (Wildman–Crippen MR) is 106 cm³/mol. The molecule has 2 aromatic rings.